The molecule has 6 aromatic rings. The zero-order chi connectivity index (χ0) is 27.8. The number of carbonyl (C=O) groups excluding carboxylic acids is 1. The Hall–Kier alpha value is -4.78. The van der Waals surface area contributed by atoms with Gasteiger partial charge in [-0.05, 0) is 36.2 Å². The van der Waals surface area contributed by atoms with Crippen LogP contribution in [0.3, 0.4) is 0 Å². The van der Waals surface area contributed by atoms with Gasteiger partial charge in [-0.1, -0.05) is 67.6 Å². The van der Waals surface area contributed by atoms with Crippen molar-refractivity contribution in [2.24, 2.45) is 7.05 Å². The lowest BCUT2D eigenvalue weighted by molar-refractivity contribution is 0.0989. The molecule has 0 aliphatic heterocycles. The Labute approximate surface area is 232 Å². The van der Waals surface area contributed by atoms with Crippen molar-refractivity contribution in [3.8, 4) is 11.3 Å². The van der Waals surface area contributed by atoms with E-state index in [4.69, 9.17) is 4.98 Å². The van der Waals surface area contributed by atoms with Crippen molar-refractivity contribution in [1.82, 2.24) is 19.5 Å². The molecule has 0 unspecified atom stereocenters. The van der Waals surface area contributed by atoms with Crippen molar-refractivity contribution in [3.63, 3.8) is 0 Å². The number of aromatic amines is 1. The fraction of sp³-hybridized carbons (Fsp3) is 0.182. The first-order chi connectivity index (χ1) is 19.4. The van der Waals surface area contributed by atoms with Gasteiger partial charge in [0.25, 0.3) is 0 Å². The molecule has 6 rings (SSSR count). The number of halogens is 1. The van der Waals surface area contributed by atoms with Crippen LogP contribution in [-0.4, -0.2) is 25.3 Å². The fourth-order valence-corrected chi connectivity index (χ4v) is 5.30. The highest BCUT2D eigenvalue weighted by atomic mass is 19.1. The van der Waals surface area contributed by atoms with E-state index in [-0.39, 0.29) is 11.6 Å². The van der Waals surface area contributed by atoms with Crippen molar-refractivity contribution in [2.45, 2.75) is 33.4 Å². The molecular formula is C33H30FN5O. The maximum absolute atomic E-state index is 15.9. The number of rotatable bonds is 8. The van der Waals surface area contributed by atoms with Crippen LogP contribution in [0, 0.1) is 12.7 Å². The van der Waals surface area contributed by atoms with E-state index < -0.39 is 0 Å². The molecule has 3 aromatic carbocycles. The number of nitrogens with one attached hydrogen (secondary N) is 1. The molecule has 0 atom stereocenters. The van der Waals surface area contributed by atoms with Crippen LogP contribution in [0.1, 0.15) is 40.7 Å². The molecule has 7 heteroatoms. The third-order valence-corrected chi connectivity index (χ3v) is 7.49. The Balaban J connectivity index is 1.54. The summed E-state index contributed by atoms with van der Waals surface area (Å²) in [6.07, 6.45) is 2.01. The molecule has 0 saturated carbocycles. The highest BCUT2D eigenvalue weighted by molar-refractivity contribution is 6.10. The molecule has 3 heterocycles. The predicted molar refractivity (Wildman–Crippen MR) is 158 cm³/mol. The molecule has 0 fully saturated rings. The monoisotopic (exact) mass is 531 g/mol. The average Bonchev–Trinajstić information content (AvgIpc) is 3.54. The van der Waals surface area contributed by atoms with Crippen molar-refractivity contribution in [1.29, 1.82) is 0 Å². The summed E-state index contributed by atoms with van der Waals surface area (Å²) in [5.74, 6) is 1.09. The van der Waals surface area contributed by atoms with Gasteiger partial charge in [-0.25, -0.2) is 14.4 Å². The number of hydrogen-bond acceptors (Lipinski definition) is 4. The van der Waals surface area contributed by atoms with E-state index in [1.54, 1.807) is 16.8 Å². The molecule has 0 aliphatic rings. The van der Waals surface area contributed by atoms with E-state index in [1.807, 2.05) is 69.4 Å². The first-order valence-corrected chi connectivity index (χ1v) is 13.4. The number of anilines is 1. The Morgan fingerprint density at radius 1 is 0.975 bits per heavy atom. The van der Waals surface area contributed by atoms with Crippen LogP contribution in [0.2, 0.25) is 0 Å². The van der Waals surface area contributed by atoms with Gasteiger partial charge in [0.15, 0.2) is 17.4 Å². The summed E-state index contributed by atoms with van der Waals surface area (Å²) in [6.45, 7) is 4.92. The molecule has 0 radical (unpaired) electrons. The van der Waals surface area contributed by atoms with Gasteiger partial charge in [-0.15, -0.1) is 0 Å². The highest BCUT2D eigenvalue weighted by Gasteiger charge is 2.22. The summed E-state index contributed by atoms with van der Waals surface area (Å²) in [6, 6.07) is 25.9. The maximum Gasteiger partial charge on any atom is 0.164 e. The van der Waals surface area contributed by atoms with E-state index >= 15 is 4.39 Å². The van der Waals surface area contributed by atoms with E-state index in [0.717, 1.165) is 22.3 Å². The minimum Gasteiger partial charge on any atom is -0.351 e. The number of Topliss-reactive ketones (excluding diaryl/α,β-unsaturated/α-hetero) is 1. The van der Waals surface area contributed by atoms with E-state index in [2.05, 4.69) is 39.1 Å². The quantitative estimate of drug-likeness (QED) is 0.208. The lowest BCUT2D eigenvalue weighted by atomic mass is 10.0. The number of H-pyrrole nitrogens is 1. The first-order valence-electron chi connectivity index (χ1n) is 13.4. The van der Waals surface area contributed by atoms with Gasteiger partial charge in [-0.2, -0.15) is 0 Å². The number of nitrogens with zero attached hydrogens (tertiary/aromatic N) is 4. The SMILES string of the molecule is CCC(=O)c1cnc(N(Cc2ccccc2)Cc2ccccc2)c2[nH]c(-c3ccc4nc(C)n(C)c4c3F)cc12. The Morgan fingerprint density at radius 2 is 1.62 bits per heavy atom. The summed E-state index contributed by atoms with van der Waals surface area (Å²) < 4.78 is 17.7. The number of imidazole rings is 1. The lowest BCUT2D eigenvalue weighted by Gasteiger charge is -2.25. The van der Waals surface area contributed by atoms with Gasteiger partial charge < -0.3 is 14.5 Å². The van der Waals surface area contributed by atoms with Gasteiger partial charge in [0, 0.05) is 55.0 Å². The molecule has 6 nitrogen and oxygen atoms in total. The number of benzene rings is 3. The lowest BCUT2D eigenvalue weighted by Crippen LogP contribution is -2.23. The van der Waals surface area contributed by atoms with E-state index in [0.29, 0.717) is 58.7 Å². The van der Waals surface area contributed by atoms with Crippen LogP contribution in [0.4, 0.5) is 10.2 Å². The second-order valence-corrected chi connectivity index (χ2v) is 10.1. The number of aryl methyl sites for hydroxylation is 2. The second kappa shape index (κ2) is 10.4. The molecule has 0 bridgehead atoms. The molecule has 0 aliphatic carbocycles. The molecule has 200 valence electrons. The topological polar surface area (TPSA) is 66.8 Å². The largest absolute Gasteiger partial charge is 0.351 e. The summed E-state index contributed by atoms with van der Waals surface area (Å²) in [4.78, 5) is 27.9. The smallest absolute Gasteiger partial charge is 0.164 e. The minimum absolute atomic E-state index is 0.00884. The molecule has 0 saturated heterocycles. The van der Waals surface area contributed by atoms with Crippen LogP contribution in [0.5, 0.6) is 0 Å². The second-order valence-electron chi connectivity index (χ2n) is 10.1. The van der Waals surface area contributed by atoms with Crippen molar-refractivity contribution in [3.05, 3.63) is 113 Å². The fourth-order valence-electron chi connectivity index (χ4n) is 5.30. The summed E-state index contributed by atoms with van der Waals surface area (Å²) in [5, 5.41) is 0.735. The zero-order valence-electron chi connectivity index (χ0n) is 22.8. The molecule has 3 aromatic heterocycles. The number of ketones is 1. The summed E-state index contributed by atoms with van der Waals surface area (Å²) >= 11 is 0. The molecular weight excluding hydrogens is 501 g/mol. The van der Waals surface area contributed by atoms with Gasteiger partial charge in [-0.3, -0.25) is 4.79 Å². The summed E-state index contributed by atoms with van der Waals surface area (Å²) in [7, 11) is 1.81. The van der Waals surface area contributed by atoms with Crippen molar-refractivity contribution < 1.29 is 9.18 Å². The highest BCUT2D eigenvalue weighted by Crippen LogP contribution is 2.36. The number of aromatic nitrogens is 4. The van der Waals surface area contributed by atoms with Crippen LogP contribution in [0.15, 0.2) is 85.1 Å². The van der Waals surface area contributed by atoms with Crippen molar-refractivity contribution in [2.75, 3.05) is 4.90 Å². The van der Waals surface area contributed by atoms with Gasteiger partial charge in [0.05, 0.1) is 11.0 Å². The number of fused-ring (bicyclic) bond motifs is 2. The van der Waals surface area contributed by atoms with Gasteiger partial charge in [0.1, 0.15) is 11.3 Å². The predicted octanol–water partition coefficient (Wildman–Crippen LogP) is 7.36. The first kappa shape index (κ1) is 25.5. The molecule has 1 N–H and O–H groups in total. The maximum atomic E-state index is 15.9. The number of hydrogen-bond donors (Lipinski definition) is 1. The van der Waals surface area contributed by atoms with Gasteiger partial charge >= 0.3 is 0 Å². The third-order valence-electron chi connectivity index (χ3n) is 7.49. The van der Waals surface area contributed by atoms with Crippen LogP contribution < -0.4 is 4.90 Å². The zero-order valence-corrected chi connectivity index (χ0v) is 22.8. The molecule has 0 spiro atoms. The van der Waals surface area contributed by atoms with E-state index in [1.165, 1.54) is 0 Å². The van der Waals surface area contributed by atoms with Crippen molar-refractivity contribution >= 4 is 33.5 Å². The summed E-state index contributed by atoms with van der Waals surface area (Å²) in [5.41, 5.74) is 5.58. The van der Waals surface area contributed by atoms with Gasteiger partial charge in [0.2, 0.25) is 0 Å². The number of carbonyl (C=O) groups is 1. The van der Waals surface area contributed by atoms with Crippen LogP contribution in [-0.2, 0) is 20.1 Å². The molecule has 0 amide bonds. The van der Waals surface area contributed by atoms with Crippen LogP contribution in [0.25, 0.3) is 33.2 Å². The van der Waals surface area contributed by atoms with Crippen LogP contribution >= 0.6 is 0 Å². The normalized spacial score (nSPS) is 11.4. The molecule has 40 heavy (non-hydrogen) atoms. The minimum atomic E-state index is -0.351. The Bertz CT molecular complexity index is 1800. The third kappa shape index (κ3) is 4.53. The Morgan fingerprint density at radius 3 is 2.25 bits per heavy atom. The standard InChI is InChI=1S/C33H30FN5O/c1-4-29(40)26-18-35-33(39(19-22-11-7-5-8-12-22)20-23-13-9-6-10-14-23)31-25(26)17-28(37-31)24-15-16-27-32(30(24)34)38(3)21(2)36-27/h5-18,37H,4,19-20H2,1-3H3. The Kier molecular flexibility index (Phi) is 6.64. The van der Waals surface area contributed by atoms with E-state index in [9.17, 15) is 4.79 Å². The average molecular weight is 532 g/mol. The number of pyridine rings is 1.